The van der Waals surface area contributed by atoms with Crippen molar-refractivity contribution in [3.8, 4) is 0 Å². The minimum absolute atomic E-state index is 0.0947. The molecule has 26 heavy (non-hydrogen) atoms. The summed E-state index contributed by atoms with van der Waals surface area (Å²) in [5, 5.41) is 5.74. The van der Waals surface area contributed by atoms with Gasteiger partial charge in [0.05, 0.1) is 11.9 Å². The van der Waals surface area contributed by atoms with Gasteiger partial charge in [0.2, 0.25) is 11.8 Å². The molecule has 2 N–H and O–H groups in total. The molecule has 0 radical (unpaired) electrons. The number of carbonyl (C=O) groups excluding carboxylic acids is 2. The summed E-state index contributed by atoms with van der Waals surface area (Å²) in [7, 11) is 0. The summed E-state index contributed by atoms with van der Waals surface area (Å²) in [6, 6.07) is 3.58. The van der Waals surface area contributed by atoms with Gasteiger partial charge in [-0.1, -0.05) is 15.9 Å². The van der Waals surface area contributed by atoms with Crippen LogP contribution in [0.2, 0.25) is 0 Å². The fourth-order valence-corrected chi connectivity index (χ4v) is 7.43. The Bertz CT molecular complexity index is 680. The number of amides is 2. The molecule has 1 heterocycles. The molecule has 0 spiro atoms. The molecule has 1 aromatic heterocycles. The van der Waals surface area contributed by atoms with E-state index in [2.05, 4.69) is 31.5 Å². The van der Waals surface area contributed by atoms with Crippen LogP contribution in [0, 0.1) is 17.3 Å². The van der Waals surface area contributed by atoms with Gasteiger partial charge in [0.25, 0.3) is 0 Å². The normalized spacial score (nSPS) is 34.5. The van der Waals surface area contributed by atoms with E-state index in [4.69, 9.17) is 0 Å². The lowest BCUT2D eigenvalue weighted by Crippen LogP contribution is -2.54. The highest BCUT2D eigenvalue weighted by molar-refractivity contribution is 9.10. The van der Waals surface area contributed by atoms with Crippen LogP contribution >= 0.6 is 15.9 Å². The van der Waals surface area contributed by atoms with E-state index in [1.807, 2.05) is 0 Å². The molecular weight excluding hydrogens is 394 g/mol. The van der Waals surface area contributed by atoms with Crippen molar-refractivity contribution in [1.82, 2.24) is 10.3 Å². The smallest absolute Gasteiger partial charge is 0.226 e. The predicted octanol–water partition coefficient (Wildman–Crippen LogP) is 3.65. The summed E-state index contributed by atoms with van der Waals surface area (Å²) in [5.74, 6) is 1.56. The molecular formula is C20H26BrN3O2. The predicted molar refractivity (Wildman–Crippen MR) is 104 cm³/mol. The highest BCUT2D eigenvalue weighted by Crippen LogP contribution is 2.65. The molecule has 0 saturated heterocycles. The van der Waals surface area contributed by atoms with E-state index in [1.54, 1.807) is 24.5 Å². The molecule has 1 aromatic rings. The largest absolute Gasteiger partial charge is 0.356 e. The number of carbonyl (C=O) groups is 2. The Morgan fingerprint density at radius 1 is 1.19 bits per heavy atom. The van der Waals surface area contributed by atoms with Crippen LogP contribution in [0.5, 0.6) is 0 Å². The lowest BCUT2D eigenvalue weighted by molar-refractivity contribution is -0.128. The van der Waals surface area contributed by atoms with Crippen LogP contribution in [-0.2, 0) is 9.59 Å². The molecule has 4 fully saturated rings. The van der Waals surface area contributed by atoms with Crippen molar-refractivity contribution in [2.45, 2.75) is 55.7 Å². The van der Waals surface area contributed by atoms with Crippen LogP contribution in [0.15, 0.2) is 24.5 Å². The van der Waals surface area contributed by atoms with Crippen molar-refractivity contribution in [2.24, 2.45) is 17.3 Å². The SMILES string of the molecule is O=C(CC12CC3CC(CC(Br)(C3)C1)C2)NCCC(=O)Nc1cccnc1. The Kier molecular flexibility index (Phi) is 4.80. The van der Waals surface area contributed by atoms with Crippen molar-refractivity contribution in [3.05, 3.63) is 24.5 Å². The van der Waals surface area contributed by atoms with Gasteiger partial charge in [0, 0.05) is 29.9 Å². The van der Waals surface area contributed by atoms with Crippen molar-refractivity contribution in [3.63, 3.8) is 0 Å². The third-order valence-electron chi connectivity index (χ3n) is 6.27. The van der Waals surface area contributed by atoms with Crippen LogP contribution in [0.3, 0.4) is 0 Å². The van der Waals surface area contributed by atoms with E-state index >= 15 is 0 Å². The number of hydrogen-bond acceptors (Lipinski definition) is 3. The number of pyridine rings is 1. The molecule has 5 nitrogen and oxygen atoms in total. The number of nitrogens with one attached hydrogen (secondary N) is 2. The highest BCUT2D eigenvalue weighted by Gasteiger charge is 2.57. The zero-order valence-electron chi connectivity index (χ0n) is 15.0. The Balaban J connectivity index is 1.24. The van der Waals surface area contributed by atoms with Gasteiger partial charge in [-0.15, -0.1) is 0 Å². The van der Waals surface area contributed by atoms with Gasteiger partial charge < -0.3 is 10.6 Å². The first-order chi connectivity index (χ1) is 12.4. The third kappa shape index (κ3) is 3.95. The second-order valence-electron chi connectivity index (χ2n) is 8.68. The first kappa shape index (κ1) is 18.0. The summed E-state index contributed by atoms with van der Waals surface area (Å²) in [6.07, 6.45) is 11.6. The van der Waals surface area contributed by atoms with Crippen LogP contribution in [-0.4, -0.2) is 27.7 Å². The standard InChI is InChI=1S/C20H26BrN3O2/c21-20-9-14-6-15(10-20)8-19(7-14,13-20)11-18(26)23-5-3-17(25)24-16-2-1-4-22-12-16/h1-2,4,12,14-15H,3,5-11,13H2,(H,23,26)(H,24,25). The fraction of sp³-hybridized carbons (Fsp3) is 0.650. The second-order valence-corrected chi connectivity index (χ2v) is 10.4. The molecule has 4 aliphatic rings. The number of anilines is 1. The third-order valence-corrected chi connectivity index (χ3v) is 7.19. The molecule has 140 valence electrons. The first-order valence-corrected chi connectivity index (χ1v) is 10.4. The molecule has 2 amide bonds. The van der Waals surface area contributed by atoms with Crippen molar-refractivity contribution in [2.75, 3.05) is 11.9 Å². The Morgan fingerprint density at radius 3 is 2.62 bits per heavy atom. The maximum absolute atomic E-state index is 12.5. The Hall–Kier alpha value is -1.43. The lowest BCUT2D eigenvalue weighted by atomic mass is 9.48. The molecule has 2 unspecified atom stereocenters. The summed E-state index contributed by atoms with van der Waals surface area (Å²) in [4.78, 5) is 28.4. The molecule has 6 heteroatoms. The molecule has 0 aliphatic heterocycles. The Labute approximate surface area is 162 Å². The molecule has 4 aliphatic carbocycles. The minimum atomic E-state index is -0.104. The van der Waals surface area contributed by atoms with Crippen LogP contribution in [0.25, 0.3) is 0 Å². The van der Waals surface area contributed by atoms with Gasteiger partial charge in [0.15, 0.2) is 0 Å². The number of halogens is 1. The van der Waals surface area contributed by atoms with Crippen LogP contribution < -0.4 is 10.6 Å². The highest BCUT2D eigenvalue weighted by atomic mass is 79.9. The zero-order valence-corrected chi connectivity index (χ0v) is 16.6. The van der Waals surface area contributed by atoms with E-state index in [0.717, 1.165) is 18.3 Å². The quantitative estimate of drug-likeness (QED) is 0.691. The number of hydrogen-bond donors (Lipinski definition) is 2. The summed E-state index contributed by atoms with van der Waals surface area (Å²) in [6.45, 7) is 0.382. The van der Waals surface area contributed by atoms with Crippen LogP contribution in [0.1, 0.15) is 51.4 Å². The van der Waals surface area contributed by atoms with Crippen molar-refractivity contribution >= 4 is 33.4 Å². The van der Waals surface area contributed by atoms with E-state index in [1.165, 1.54) is 32.1 Å². The number of alkyl halides is 1. The van der Waals surface area contributed by atoms with Gasteiger partial charge in [0.1, 0.15) is 0 Å². The summed E-state index contributed by atoms with van der Waals surface area (Å²) >= 11 is 4.00. The van der Waals surface area contributed by atoms with Gasteiger partial charge in [-0.3, -0.25) is 14.6 Å². The van der Waals surface area contributed by atoms with Crippen LogP contribution in [0.4, 0.5) is 5.69 Å². The first-order valence-electron chi connectivity index (χ1n) is 9.59. The molecule has 4 bridgehead atoms. The van der Waals surface area contributed by atoms with Gasteiger partial charge in [-0.25, -0.2) is 0 Å². The maximum atomic E-state index is 12.5. The summed E-state index contributed by atoms with van der Waals surface area (Å²) < 4.78 is 0.279. The maximum Gasteiger partial charge on any atom is 0.226 e. The molecule has 5 rings (SSSR count). The fourth-order valence-electron chi connectivity index (χ4n) is 5.92. The lowest BCUT2D eigenvalue weighted by Gasteiger charge is -2.60. The molecule has 4 saturated carbocycles. The molecule has 2 atom stereocenters. The number of rotatable bonds is 6. The number of nitrogens with zero attached hydrogens (tertiary/aromatic N) is 1. The van der Waals surface area contributed by atoms with E-state index in [-0.39, 0.29) is 28.0 Å². The second kappa shape index (κ2) is 6.95. The monoisotopic (exact) mass is 419 g/mol. The molecule has 0 aromatic carbocycles. The van der Waals surface area contributed by atoms with Gasteiger partial charge in [-0.2, -0.15) is 0 Å². The Morgan fingerprint density at radius 2 is 1.96 bits per heavy atom. The van der Waals surface area contributed by atoms with E-state index in [0.29, 0.717) is 18.7 Å². The van der Waals surface area contributed by atoms with Gasteiger partial charge >= 0.3 is 0 Å². The van der Waals surface area contributed by atoms with Crippen molar-refractivity contribution < 1.29 is 9.59 Å². The van der Waals surface area contributed by atoms with Gasteiger partial charge in [-0.05, 0) is 67.9 Å². The van der Waals surface area contributed by atoms with E-state index in [9.17, 15) is 9.59 Å². The minimum Gasteiger partial charge on any atom is -0.356 e. The van der Waals surface area contributed by atoms with E-state index < -0.39 is 0 Å². The average molecular weight is 420 g/mol. The summed E-state index contributed by atoms with van der Waals surface area (Å²) in [5.41, 5.74) is 0.857. The number of aromatic nitrogens is 1. The van der Waals surface area contributed by atoms with Crippen molar-refractivity contribution in [1.29, 1.82) is 0 Å². The zero-order chi connectivity index (χ0) is 18.2. The topological polar surface area (TPSA) is 71.1 Å². The average Bonchev–Trinajstić information content (AvgIpc) is 2.52.